The van der Waals surface area contributed by atoms with Gasteiger partial charge in [-0.25, -0.2) is 0 Å². The van der Waals surface area contributed by atoms with Crippen molar-refractivity contribution in [2.75, 3.05) is 0 Å². The van der Waals surface area contributed by atoms with Gasteiger partial charge in [0.05, 0.1) is 0 Å². The fourth-order valence-corrected chi connectivity index (χ4v) is 3.47. The van der Waals surface area contributed by atoms with Crippen molar-refractivity contribution < 1.29 is 0 Å². The summed E-state index contributed by atoms with van der Waals surface area (Å²) < 4.78 is 0. The molecule has 0 heteroatoms. The van der Waals surface area contributed by atoms with Crippen LogP contribution in [-0.4, -0.2) is 0 Å². The standard InChI is InChI=1S/C22H46/c1-5-7-9-11-13-17-21(3)19-15-16-20-22(4)18-14-12-10-8-6-2/h21-22H,5-20H2,1-4H3. The highest BCUT2D eigenvalue weighted by atomic mass is 14.1. The van der Waals surface area contributed by atoms with Crippen molar-refractivity contribution in [2.45, 2.75) is 130 Å². The summed E-state index contributed by atoms with van der Waals surface area (Å²) in [6.07, 6.45) is 23.2. The lowest BCUT2D eigenvalue weighted by molar-refractivity contribution is 0.401. The molecule has 0 aromatic rings. The van der Waals surface area contributed by atoms with Crippen molar-refractivity contribution in [3.63, 3.8) is 0 Å². The first-order chi connectivity index (χ1) is 10.7. The van der Waals surface area contributed by atoms with Crippen LogP contribution in [0.3, 0.4) is 0 Å². The third kappa shape index (κ3) is 16.4. The lowest BCUT2D eigenvalue weighted by Gasteiger charge is -2.13. The molecule has 134 valence electrons. The molecule has 0 fully saturated rings. The van der Waals surface area contributed by atoms with Gasteiger partial charge in [-0.1, -0.05) is 130 Å². The van der Waals surface area contributed by atoms with E-state index >= 15 is 0 Å². The average molecular weight is 311 g/mol. The van der Waals surface area contributed by atoms with Crippen LogP contribution in [0.15, 0.2) is 0 Å². The van der Waals surface area contributed by atoms with Crippen molar-refractivity contribution >= 4 is 0 Å². The van der Waals surface area contributed by atoms with Crippen molar-refractivity contribution in [3.8, 4) is 0 Å². The van der Waals surface area contributed by atoms with E-state index in [0.717, 1.165) is 11.8 Å². The Hall–Kier alpha value is 0. The van der Waals surface area contributed by atoms with Gasteiger partial charge in [-0.15, -0.1) is 0 Å². The molecule has 0 aliphatic rings. The molecule has 2 unspecified atom stereocenters. The van der Waals surface area contributed by atoms with Crippen molar-refractivity contribution in [2.24, 2.45) is 11.8 Å². The van der Waals surface area contributed by atoms with Crippen molar-refractivity contribution in [3.05, 3.63) is 0 Å². The summed E-state index contributed by atoms with van der Waals surface area (Å²) in [5.41, 5.74) is 0. The number of unbranched alkanes of at least 4 members (excludes halogenated alkanes) is 9. The molecule has 0 nitrogen and oxygen atoms in total. The van der Waals surface area contributed by atoms with Gasteiger partial charge in [0.2, 0.25) is 0 Å². The van der Waals surface area contributed by atoms with Gasteiger partial charge >= 0.3 is 0 Å². The minimum Gasteiger partial charge on any atom is -0.0654 e. The second kappa shape index (κ2) is 17.4. The molecule has 0 saturated heterocycles. The molecule has 0 aliphatic carbocycles. The second-order valence-electron chi connectivity index (χ2n) is 7.90. The van der Waals surface area contributed by atoms with Crippen LogP contribution in [0.5, 0.6) is 0 Å². The molecule has 0 rings (SSSR count). The largest absolute Gasteiger partial charge is 0.0654 e. The molecule has 0 aromatic heterocycles. The van der Waals surface area contributed by atoms with E-state index in [-0.39, 0.29) is 0 Å². The molecule has 0 saturated carbocycles. The Morgan fingerprint density at radius 3 is 1.00 bits per heavy atom. The predicted molar refractivity (Wildman–Crippen MR) is 104 cm³/mol. The van der Waals surface area contributed by atoms with E-state index in [1.807, 2.05) is 0 Å². The van der Waals surface area contributed by atoms with Gasteiger partial charge in [-0.2, -0.15) is 0 Å². The van der Waals surface area contributed by atoms with Gasteiger partial charge in [0.25, 0.3) is 0 Å². The van der Waals surface area contributed by atoms with Crippen LogP contribution < -0.4 is 0 Å². The van der Waals surface area contributed by atoms with Gasteiger partial charge in [0.1, 0.15) is 0 Å². The lowest BCUT2D eigenvalue weighted by Crippen LogP contribution is -1.98. The molecule has 0 spiro atoms. The minimum atomic E-state index is 0.964. The first kappa shape index (κ1) is 22.0. The van der Waals surface area contributed by atoms with Crippen LogP contribution >= 0.6 is 0 Å². The Morgan fingerprint density at radius 2 is 0.682 bits per heavy atom. The van der Waals surface area contributed by atoms with E-state index in [1.54, 1.807) is 0 Å². The fourth-order valence-electron chi connectivity index (χ4n) is 3.47. The SMILES string of the molecule is CCCCCCCC(C)CCCCC(C)CCCCCCC. The molecule has 22 heavy (non-hydrogen) atoms. The quantitative estimate of drug-likeness (QED) is 0.236. The van der Waals surface area contributed by atoms with E-state index in [2.05, 4.69) is 27.7 Å². The zero-order valence-corrected chi connectivity index (χ0v) is 16.5. The summed E-state index contributed by atoms with van der Waals surface area (Å²) in [6, 6.07) is 0. The Kier molecular flexibility index (Phi) is 17.4. The fraction of sp³-hybridized carbons (Fsp3) is 1.00. The Morgan fingerprint density at radius 1 is 0.409 bits per heavy atom. The normalized spacial score (nSPS) is 14.2. The van der Waals surface area contributed by atoms with Crippen LogP contribution in [0.4, 0.5) is 0 Å². The van der Waals surface area contributed by atoms with Gasteiger partial charge in [0.15, 0.2) is 0 Å². The molecule has 0 bridgehead atoms. The molecule has 0 aliphatic heterocycles. The highest BCUT2D eigenvalue weighted by Crippen LogP contribution is 2.21. The molecule has 0 radical (unpaired) electrons. The summed E-state index contributed by atoms with van der Waals surface area (Å²) in [5.74, 6) is 1.93. The van der Waals surface area contributed by atoms with E-state index in [0.29, 0.717) is 0 Å². The van der Waals surface area contributed by atoms with Crippen LogP contribution in [0.2, 0.25) is 0 Å². The summed E-state index contributed by atoms with van der Waals surface area (Å²) in [6.45, 7) is 9.54. The summed E-state index contributed by atoms with van der Waals surface area (Å²) in [4.78, 5) is 0. The van der Waals surface area contributed by atoms with Crippen LogP contribution in [0.1, 0.15) is 130 Å². The molecular weight excluding hydrogens is 264 g/mol. The Bertz CT molecular complexity index is 174. The maximum absolute atomic E-state index is 2.47. The zero-order valence-electron chi connectivity index (χ0n) is 16.5. The first-order valence-electron chi connectivity index (χ1n) is 10.7. The predicted octanol–water partition coefficient (Wildman–Crippen LogP) is 8.54. The molecule has 0 amide bonds. The van der Waals surface area contributed by atoms with Crippen LogP contribution in [0, 0.1) is 11.8 Å². The third-order valence-electron chi connectivity index (χ3n) is 5.24. The highest BCUT2D eigenvalue weighted by molar-refractivity contribution is 4.58. The molecular formula is C22H46. The number of hydrogen-bond acceptors (Lipinski definition) is 0. The van der Waals surface area contributed by atoms with Gasteiger partial charge in [-0.05, 0) is 11.8 Å². The van der Waals surface area contributed by atoms with E-state index in [1.165, 1.54) is 103 Å². The number of hydrogen-bond donors (Lipinski definition) is 0. The maximum Gasteiger partial charge on any atom is -0.0443 e. The second-order valence-corrected chi connectivity index (χ2v) is 7.90. The van der Waals surface area contributed by atoms with Crippen LogP contribution in [-0.2, 0) is 0 Å². The van der Waals surface area contributed by atoms with E-state index < -0.39 is 0 Å². The van der Waals surface area contributed by atoms with Crippen molar-refractivity contribution in [1.29, 1.82) is 0 Å². The maximum atomic E-state index is 2.47. The van der Waals surface area contributed by atoms with Gasteiger partial charge in [-0.3, -0.25) is 0 Å². The Balaban J connectivity index is 3.28. The summed E-state index contributed by atoms with van der Waals surface area (Å²) >= 11 is 0. The highest BCUT2D eigenvalue weighted by Gasteiger charge is 2.05. The van der Waals surface area contributed by atoms with E-state index in [4.69, 9.17) is 0 Å². The third-order valence-corrected chi connectivity index (χ3v) is 5.24. The van der Waals surface area contributed by atoms with Gasteiger partial charge in [0, 0.05) is 0 Å². The lowest BCUT2D eigenvalue weighted by atomic mass is 9.93. The smallest absolute Gasteiger partial charge is 0.0443 e. The molecule has 2 atom stereocenters. The summed E-state index contributed by atoms with van der Waals surface area (Å²) in [7, 11) is 0. The average Bonchev–Trinajstić information content (AvgIpc) is 2.51. The molecule has 0 heterocycles. The molecule has 0 aromatic carbocycles. The van der Waals surface area contributed by atoms with Crippen LogP contribution in [0.25, 0.3) is 0 Å². The van der Waals surface area contributed by atoms with E-state index in [9.17, 15) is 0 Å². The number of rotatable bonds is 17. The minimum absolute atomic E-state index is 0.964. The topological polar surface area (TPSA) is 0 Å². The first-order valence-corrected chi connectivity index (χ1v) is 10.7. The Labute approximate surface area is 142 Å². The summed E-state index contributed by atoms with van der Waals surface area (Å²) in [5, 5.41) is 0. The van der Waals surface area contributed by atoms with Crippen molar-refractivity contribution in [1.82, 2.24) is 0 Å². The zero-order chi connectivity index (χ0) is 16.5. The molecule has 0 N–H and O–H groups in total. The van der Waals surface area contributed by atoms with Gasteiger partial charge < -0.3 is 0 Å². The monoisotopic (exact) mass is 310 g/mol.